The molecule has 1 aromatic rings. The average Bonchev–Trinajstić information content (AvgIpc) is 2.48. The van der Waals surface area contributed by atoms with Crippen molar-refractivity contribution in [3.63, 3.8) is 0 Å². The van der Waals surface area contributed by atoms with Crippen LogP contribution in [0.25, 0.3) is 0 Å². The van der Waals surface area contributed by atoms with E-state index in [2.05, 4.69) is 11.2 Å². The molecule has 0 radical (unpaired) electrons. The van der Waals surface area contributed by atoms with Crippen LogP contribution in [0.3, 0.4) is 0 Å². The van der Waals surface area contributed by atoms with Crippen molar-refractivity contribution in [3.8, 4) is 12.3 Å². The van der Waals surface area contributed by atoms with Gasteiger partial charge >= 0.3 is 5.97 Å². The number of hydrogen-bond donors (Lipinski definition) is 2. The monoisotopic (exact) mass is 223 g/mol. The van der Waals surface area contributed by atoms with Crippen molar-refractivity contribution in [2.45, 2.75) is 13.3 Å². The van der Waals surface area contributed by atoms with Crippen LogP contribution >= 0.6 is 11.3 Å². The average molecular weight is 223 g/mol. The largest absolute Gasteiger partial charge is 0.477 e. The Morgan fingerprint density at radius 1 is 1.67 bits per heavy atom. The molecule has 0 saturated carbocycles. The number of carboxylic acids is 1. The van der Waals surface area contributed by atoms with E-state index in [1.54, 1.807) is 12.3 Å². The predicted octanol–water partition coefficient (Wildman–Crippen LogP) is 1.72. The molecular weight excluding hydrogens is 214 g/mol. The summed E-state index contributed by atoms with van der Waals surface area (Å²) in [5.41, 5.74) is 1.07. The third-order valence-corrected chi connectivity index (χ3v) is 2.78. The number of carboxylic acid groups (broad SMARTS) is 1. The van der Waals surface area contributed by atoms with Crippen LogP contribution in [-0.4, -0.2) is 17.0 Å². The fraction of sp³-hybridized carbons (Fsp3) is 0.200. The third kappa shape index (κ3) is 2.58. The molecule has 2 N–H and O–H groups in total. The first-order valence-electron chi connectivity index (χ1n) is 4.11. The summed E-state index contributed by atoms with van der Waals surface area (Å²) in [5, 5.41) is 13.0. The van der Waals surface area contributed by atoms with Gasteiger partial charge in [-0.25, -0.2) is 4.79 Å². The standard InChI is InChI=1S/C10H9NO3S/c1-3-4-7(12)11-8-6(2)5-15-9(8)10(13)14/h1,5H,4H2,2H3,(H,11,12)(H,13,14). The molecule has 0 aliphatic carbocycles. The van der Waals surface area contributed by atoms with Gasteiger partial charge in [0.2, 0.25) is 5.91 Å². The van der Waals surface area contributed by atoms with Crippen LogP contribution in [-0.2, 0) is 4.79 Å². The number of carbonyl (C=O) groups is 2. The van der Waals surface area contributed by atoms with E-state index in [-0.39, 0.29) is 17.2 Å². The molecule has 5 heteroatoms. The van der Waals surface area contributed by atoms with Gasteiger partial charge in [-0.05, 0) is 17.9 Å². The van der Waals surface area contributed by atoms with E-state index in [9.17, 15) is 9.59 Å². The second-order valence-electron chi connectivity index (χ2n) is 2.86. The maximum atomic E-state index is 11.2. The number of aromatic carboxylic acids is 1. The van der Waals surface area contributed by atoms with Gasteiger partial charge in [-0.2, -0.15) is 0 Å². The molecule has 0 aliphatic rings. The molecule has 0 atom stereocenters. The summed E-state index contributed by atoms with van der Waals surface area (Å²) in [6, 6.07) is 0. The number of rotatable bonds is 3. The smallest absolute Gasteiger partial charge is 0.348 e. The third-order valence-electron chi connectivity index (χ3n) is 1.70. The van der Waals surface area contributed by atoms with E-state index >= 15 is 0 Å². The van der Waals surface area contributed by atoms with Crippen molar-refractivity contribution in [2.75, 3.05) is 5.32 Å². The molecule has 0 fully saturated rings. The number of terminal acetylenes is 1. The minimum Gasteiger partial charge on any atom is -0.477 e. The first kappa shape index (κ1) is 11.3. The summed E-state index contributed by atoms with van der Waals surface area (Å²) in [4.78, 5) is 22.1. The van der Waals surface area contributed by atoms with Crippen LogP contribution < -0.4 is 5.32 Å². The van der Waals surface area contributed by atoms with Gasteiger partial charge in [0.25, 0.3) is 0 Å². The highest BCUT2D eigenvalue weighted by molar-refractivity contribution is 7.12. The summed E-state index contributed by atoms with van der Waals surface area (Å²) < 4.78 is 0. The van der Waals surface area contributed by atoms with Crippen LogP contribution in [0.4, 0.5) is 5.69 Å². The van der Waals surface area contributed by atoms with E-state index in [4.69, 9.17) is 11.5 Å². The molecule has 0 aromatic carbocycles. The summed E-state index contributed by atoms with van der Waals surface area (Å²) >= 11 is 1.08. The van der Waals surface area contributed by atoms with Crippen molar-refractivity contribution in [1.82, 2.24) is 0 Å². The van der Waals surface area contributed by atoms with Crippen molar-refractivity contribution in [2.24, 2.45) is 0 Å². The lowest BCUT2D eigenvalue weighted by Gasteiger charge is -2.03. The molecule has 15 heavy (non-hydrogen) atoms. The predicted molar refractivity (Wildman–Crippen MR) is 58.1 cm³/mol. The van der Waals surface area contributed by atoms with Gasteiger partial charge in [-0.15, -0.1) is 17.8 Å². The lowest BCUT2D eigenvalue weighted by molar-refractivity contribution is -0.115. The van der Waals surface area contributed by atoms with Crippen molar-refractivity contribution in [3.05, 3.63) is 15.8 Å². The molecule has 0 aliphatic heterocycles. The lowest BCUT2D eigenvalue weighted by atomic mass is 10.2. The van der Waals surface area contributed by atoms with Crippen molar-refractivity contribution >= 4 is 28.9 Å². The number of hydrogen-bond acceptors (Lipinski definition) is 3. The molecule has 0 bridgehead atoms. The van der Waals surface area contributed by atoms with Crippen LogP contribution in [0.1, 0.15) is 21.7 Å². The van der Waals surface area contributed by atoms with Crippen LogP contribution in [0, 0.1) is 19.3 Å². The second kappa shape index (κ2) is 4.62. The molecule has 1 amide bonds. The van der Waals surface area contributed by atoms with Gasteiger partial charge in [-0.1, -0.05) is 5.92 Å². The summed E-state index contributed by atoms with van der Waals surface area (Å²) in [6.07, 6.45) is 4.91. The Labute approximate surface area is 90.9 Å². The highest BCUT2D eigenvalue weighted by atomic mass is 32.1. The maximum absolute atomic E-state index is 11.2. The second-order valence-corrected chi connectivity index (χ2v) is 3.74. The fourth-order valence-corrected chi connectivity index (χ4v) is 1.88. The van der Waals surface area contributed by atoms with Crippen LogP contribution in [0.5, 0.6) is 0 Å². The van der Waals surface area contributed by atoms with E-state index in [0.29, 0.717) is 5.69 Å². The zero-order valence-corrected chi connectivity index (χ0v) is 8.85. The van der Waals surface area contributed by atoms with Crippen LogP contribution in [0.2, 0.25) is 0 Å². The zero-order chi connectivity index (χ0) is 11.4. The number of nitrogens with one attached hydrogen (secondary N) is 1. The molecule has 78 valence electrons. The van der Waals surface area contributed by atoms with Gasteiger partial charge in [0.1, 0.15) is 4.88 Å². The first-order chi connectivity index (χ1) is 7.06. The van der Waals surface area contributed by atoms with Gasteiger partial charge in [0.15, 0.2) is 0 Å². The number of amides is 1. The van der Waals surface area contributed by atoms with E-state index < -0.39 is 5.97 Å². The van der Waals surface area contributed by atoms with E-state index in [0.717, 1.165) is 16.9 Å². The van der Waals surface area contributed by atoms with Gasteiger partial charge in [0, 0.05) is 0 Å². The minimum absolute atomic E-state index is 0.0612. The maximum Gasteiger partial charge on any atom is 0.348 e. The topological polar surface area (TPSA) is 66.4 Å². The molecular formula is C10H9NO3S. The van der Waals surface area contributed by atoms with E-state index in [1.807, 2.05) is 0 Å². The fourth-order valence-electron chi connectivity index (χ4n) is 1.03. The molecule has 0 unspecified atom stereocenters. The van der Waals surface area contributed by atoms with Gasteiger partial charge < -0.3 is 10.4 Å². The quantitative estimate of drug-likeness (QED) is 0.767. The molecule has 1 rings (SSSR count). The highest BCUT2D eigenvalue weighted by Gasteiger charge is 2.16. The summed E-state index contributed by atoms with van der Waals surface area (Å²) in [7, 11) is 0. The Morgan fingerprint density at radius 2 is 2.33 bits per heavy atom. The van der Waals surface area contributed by atoms with E-state index in [1.165, 1.54) is 0 Å². The Balaban J connectivity index is 2.94. The Bertz CT molecular complexity index is 442. The Morgan fingerprint density at radius 3 is 2.87 bits per heavy atom. The highest BCUT2D eigenvalue weighted by Crippen LogP contribution is 2.27. The first-order valence-corrected chi connectivity index (χ1v) is 4.99. The molecule has 0 spiro atoms. The lowest BCUT2D eigenvalue weighted by Crippen LogP contribution is -2.12. The summed E-state index contributed by atoms with van der Waals surface area (Å²) in [5.74, 6) is 0.767. The molecule has 0 saturated heterocycles. The normalized spacial score (nSPS) is 9.33. The van der Waals surface area contributed by atoms with Crippen LogP contribution in [0.15, 0.2) is 5.38 Å². The SMILES string of the molecule is C#CCC(=O)Nc1c(C)csc1C(=O)O. The number of thiophene rings is 1. The molecule has 4 nitrogen and oxygen atoms in total. The molecule has 1 heterocycles. The number of anilines is 1. The van der Waals surface area contributed by atoms with Crippen molar-refractivity contribution in [1.29, 1.82) is 0 Å². The number of carbonyl (C=O) groups excluding carboxylic acids is 1. The van der Waals surface area contributed by atoms with Gasteiger partial charge in [0.05, 0.1) is 12.1 Å². The number of aryl methyl sites for hydroxylation is 1. The molecule has 1 aromatic heterocycles. The zero-order valence-electron chi connectivity index (χ0n) is 8.03. The van der Waals surface area contributed by atoms with Gasteiger partial charge in [-0.3, -0.25) is 4.79 Å². The minimum atomic E-state index is -1.05. The Kier molecular flexibility index (Phi) is 3.47. The Hall–Kier alpha value is -1.80. The summed E-state index contributed by atoms with van der Waals surface area (Å²) in [6.45, 7) is 1.73. The van der Waals surface area contributed by atoms with Crippen molar-refractivity contribution < 1.29 is 14.7 Å².